The van der Waals surface area contributed by atoms with Crippen LogP contribution in [-0.2, 0) is 11.2 Å². The first-order valence-electron chi connectivity index (χ1n) is 9.94. The Balaban J connectivity index is 1.55. The number of amides is 3. The lowest BCUT2D eigenvalue weighted by Gasteiger charge is -2.14. The van der Waals surface area contributed by atoms with Crippen LogP contribution in [0.3, 0.4) is 0 Å². The second-order valence-corrected chi connectivity index (χ2v) is 6.96. The second kappa shape index (κ2) is 10.7. The monoisotopic (exact) mass is 416 g/mol. The maximum Gasteiger partial charge on any atom is 0.255 e. The van der Waals surface area contributed by atoms with Crippen LogP contribution in [0, 0.1) is 6.92 Å². The van der Waals surface area contributed by atoms with Gasteiger partial charge in [0.15, 0.2) is 0 Å². The molecule has 1 aromatic heterocycles. The molecule has 3 amide bonds. The standard InChI is InChI=1S/C24H24N4O3/c1-17-6-5-9-20(22(17)28-23(30)19-10-12-25-13-11-19)24(31)27-15-14-26-21(29)16-18-7-3-2-4-8-18/h2-13H,14-16H2,1H3,(H,26,29)(H,27,31)(H,28,30). The van der Waals surface area contributed by atoms with Crippen LogP contribution in [0.5, 0.6) is 0 Å². The van der Waals surface area contributed by atoms with Crippen LogP contribution in [0.2, 0.25) is 0 Å². The van der Waals surface area contributed by atoms with Gasteiger partial charge < -0.3 is 16.0 Å². The molecule has 0 aliphatic heterocycles. The van der Waals surface area contributed by atoms with Crippen molar-refractivity contribution in [3.8, 4) is 0 Å². The summed E-state index contributed by atoms with van der Waals surface area (Å²) in [5, 5.41) is 8.39. The van der Waals surface area contributed by atoms with Crippen LogP contribution in [0.15, 0.2) is 73.1 Å². The van der Waals surface area contributed by atoms with Crippen molar-refractivity contribution in [3.63, 3.8) is 0 Å². The molecule has 0 aliphatic carbocycles. The van der Waals surface area contributed by atoms with Gasteiger partial charge in [0, 0.05) is 31.0 Å². The molecule has 3 aromatic rings. The zero-order valence-corrected chi connectivity index (χ0v) is 17.2. The zero-order valence-electron chi connectivity index (χ0n) is 17.2. The van der Waals surface area contributed by atoms with Crippen molar-refractivity contribution in [2.75, 3.05) is 18.4 Å². The molecule has 7 heteroatoms. The molecular formula is C24H24N4O3. The maximum absolute atomic E-state index is 12.7. The number of carbonyl (C=O) groups excluding carboxylic acids is 3. The van der Waals surface area contributed by atoms with Crippen molar-refractivity contribution in [1.29, 1.82) is 0 Å². The summed E-state index contributed by atoms with van der Waals surface area (Å²) in [4.78, 5) is 41.1. The van der Waals surface area contributed by atoms with Gasteiger partial charge in [-0.1, -0.05) is 42.5 Å². The predicted molar refractivity (Wildman–Crippen MR) is 119 cm³/mol. The Morgan fingerprint density at radius 3 is 2.26 bits per heavy atom. The third-order valence-corrected chi connectivity index (χ3v) is 4.64. The van der Waals surface area contributed by atoms with Gasteiger partial charge in [0.2, 0.25) is 5.91 Å². The molecule has 3 N–H and O–H groups in total. The minimum absolute atomic E-state index is 0.110. The van der Waals surface area contributed by atoms with Crippen molar-refractivity contribution < 1.29 is 14.4 Å². The lowest BCUT2D eigenvalue weighted by Crippen LogP contribution is -2.35. The van der Waals surface area contributed by atoms with Gasteiger partial charge in [-0.25, -0.2) is 0 Å². The Labute approximate surface area is 180 Å². The lowest BCUT2D eigenvalue weighted by atomic mass is 10.1. The topological polar surface area (TPSA) is 100 Å². The summed E-state index contributed by atoms with van der Waals surface area (Å²) in [6.07, 6.45) is 3.36. The number of nitrogens with one attached hydrogen (secondary N) is 3. The van der Waals surface area contributed by atoms with Crippen LogP contribution in [0.25, 0.3) is 0 Å². The van der Waals surface area contributed by atoms with E-state index in [9.17, 15) is 14.4 Å². The van der Waals surface area contributed by atoms with Gasteiger partial charge in [-0.15, -0.1) is 0 Å². The molecule has 0 atom stereocenters. The molecule has 0 aliphatic rings. The molecule has 0 saturated carbocycles. The van der Waals surface area contributed by atoms with E-state index in [4.69, 9.17) is 0 Å². The summed E-state index contributed by atoms with van der Waals surface area (Å²) in [5.41, 5.74) is 2.96. The number of pyridine rings is 1. The maximum atomic E-state index is 12.7. The van der Waals surface area contributed by atoms with Gasteiger partial charge in [-0.3, -0.25) is 19.4 Å². The first-order chi connectivity index (χ1) is 15.0. The lowest BCUT2D eigenvalue weighted by molar-refractivity contribution is -0.120. The number of para-hydroxylation sites is 1. The van der Waals surface area contributed by atoms with Crippen molar-refractivity contribution in [3.05, 3.63) is 95.3 Å². The second-order valence-electron chi connectivity index (χ2n) is 6.96. The highest BCUT2D eigenvalue weighted by atomic mass is 16.2. The number of carbonyl (C=O) groups is 3. The summed E-state index contributed by atoms with van der Waals surface area (Å²) in [6, 6.07) is 17.9. The SMILES string of the molecule is Cc1cccc(C(=O)NCCNC(=O)Cc2ccccc2)c1NC(=O)c1ccncc1. The third kappa shape index (κ3) is 6.24. The minimum Gasteiger partial charge on any atom is -0.354 e. The summed E-state index contributed by atoms with van der Waals surface area (Å²) in [5.74, 6) is -0.758. The van der Waals surface area contributed by atoms with Gasteiger partial charge in [0.05, 0.1) is 17.7 Å². The molecule has 0 radical (unpaired) electrons. The highest BCUT2D eigenvalue weighted by Gasteiger charge is 2.16. The molecule has 31 heavy (non-hydrogen) atoms. The molecule has 0 saturated heterocycles. The average molecular weight is 416 g/mol. The molecular weight excluding hydrogens is 392 g/mol. The number of hydrogen-bond donors (Lipinski definition) is 3. The first kappa shape index (κ1) is 21.7. The fourth-order valence-electron chi connectivity index (χ4n) is 3.03. The number of nitrogens with zero attached hydrogens (tertiary/aromatic N) is 1. The molecule has 1 heterocycles. The average Bonchev–Trinajstić information content (AvgIpc) is 2.79. The van der Waals surface area contributed by atoms with E-state index < -0.39 is 0 Å². The number of aryl methyl sites for hydroxylation is 1. The fourth-order valence-corrected chi connectivity index (χ4v) is 3.03. The Bertz CT molecular complexity index is 1050. The summed E-state index contributed by atoms with van der Waals surface area (Å²) in [7, 11) is 0. The molecule has 7 nitrogen and oxygen atoms in total. The molecule has 0 spiro atoms. The largest absolute Gasteiger partial charge is 0.354 e. The minimum atomic E-state index is -0.328. The number of aromatic nitrogens is 1. The molecule has 0 unspecified atom stereocenters. The van der Waals surface area contributed by atoms with Crippen molar-refractivity contribution in [2.24, 2.45) is 0 Å². The van der Waals surface area contributed by atoms with Crippen LogP contribution in [0.1, 0.15) is 31.8 Å². The summed E-state index contributed by atoms with van der Waals surface area (Å²) < 4.78 is 0. The van der Waals surface area contributed by atoms with E-state index in [-0.39, 0.29) is 30.7 Å². The Kier molecular flexibility index (Phi) is 7.48. The van der Waals surface area contributed by atoms with E-state index >= 15 is 0 Å². The van der Waals surface area contributed by atoms with Crippen LogP contribution in [0.4, 0.5) is 5.69 Å². The first-order valence-corrected chi connectivity index (χ1v) is 9.94. The fraction of sp³-hybridized carbons (Fsp3) is 0.167. The number of benzene rings is 2. The van der Waals surface area contributed by atoms with E-state index in [1.807, 2.05) is 43.3 Å². The van der Waals surface area contributed by atoms with Gasteiger partial charge in [-0.2, -0.15) is 0 Å². The summed E-state index contributed by atoms with van der Waals surface area (Å²) >= 11 is 0. The Morgan fingerprint density at radius 1 is 0.806 bits per heavy atom. The highest BCUT2D eigenvalue weighted by Crippen LogP contribution is 2.21. The molecule has 2 aromatic carbocycles. The van der Waals surface area contributed by atoms with Crippen LogP contribution in [-0.4, -0.2) is 35.8 Å². The zero-order chi connectivity index (χ0) is 22.1. The van der Waals surface area contributed by atoms with Gasteiger partial charge in [0.1, 0.15) is 0 Å². The number of rotatable bonds is 8. The van der Waals surface area contributed by atoms with Crippen LogP contribution < -0.4 is 16.0 Å². The predicted octanol–water partition coefficient (Wildman–Crippen LogP) is 2.73. The van der Waals surface area contributed by atoms with E-state index in [1.54, 1.807) is 24.3 Å². The summed E-state index contributed by atoms with van der Waals surface area (Å²) in [6.45, 7) is 2.40. The Hall–Kier alpha value is -4.00. The van der Waals surface area contributed by atoms with Gasteiger partial charge >= 0.3 is 0 Å². The quantitative estimate of drug-likeness (QED) is 0.492. The highest BCUT2D eigenvalue weighted by molar-refractivity contribution is 6.09. The number of anilines is 1. The number of hydrogen-bond acceptors (Lipinski definition) is 4. The van der Waals surface area contributed by atoms with Gasteiger partial charge in [-0.05, 0) is 36.2 Å². The van der Waals surface area contributed by atoms with Crippen LogP contribution >= 0.6 is 0 Å². The van der Waals surface area contributed by atoms with E-state index in [1.165, 1.54) is 12.4 Å². The van der Waals surface area contributed by atoms with Crippen molar-refractivity contribution >= 4 is 23.4 Å². The Morgan fingerprint density at radius 2 is 1.52 bits per heavy atom. The molecule has 158 valence electrons. The van der Waals surface area contributed by atoms with Crippen molar-refractivity contribution in [2.45, 2.75) is 13.3 Å². The van der Waals surface area contributed by atoms with E-state index in [0.717, 1.165) is 11.1 Å². The van der Waals surface area contributed by atoms with E-state index in [2.05, 4.69) is 20.9 Å². The molecule has 0 bridgehead atoms. The van der Waals surface area contributed by atoms with Crippen molar-refractivity contribution in [1.82, 2.24) is 15.6 Å². The van der Waals surface area contributed by atoms with E-state index in [0.29, 0.717) is 23.4 Å². The molecule has 0 fully saturated rings. The smallest absolute Gasteiger partial charge is 0.255 e. The normalized spacial score (nSPS) is 10.2. The third-order valence-electron chi connectivity index (χ3n) is 4.64. The van der Waals surface area contributed by atoms with Gasteiger partial charge in [0.25, 0.3) is 11.8 Å². The molecule has 3 rings (SSSR count).